The van der Waals surface area contributed by atoms with Crippen LogP contribution in [0, 0.1) is 0 Å². The summed E-state index contributed by atoms with van der Waals surface area (Å²) in [6.07, 6.45) is 5.29. The second kappa shape index (κ2) is 5.86. The second-order valence-corrected chi connectivity index (χ2v) is 12.0. The van der Waals surface area contributed by atoms with Gasteiger partial charge < -0.3 is 4.74 Å². The van der Waals surface area contributed by atoms with E-state index in [2.05, 4.69) is 70.3 Å². The van der Waals surface area contributed by atoms with Crippen molar-refractivity contribution < 1.29 is 4.74 Å². The van der Waals surface area contributed by atoms with Crippen molar-refractivity contribution in [1.29, 1.82) is 0 Å². The van der Waals surface area contributed by atoms with Gasteiger partial charge >= 0.3 is 0 Å². The molecule has 110 valence electrons. The van der Waals surface area contributed by atoms with E-state index in [4.69, 9.17) is 4.74 Å². The molecule has 1 aliphatic heterocycles. The van der Waals surface area contributed by atoms with E-state index in [0.29, 0.717) is 6.10 Å². The van der Waals surface area contributed by atoms with Crippen molar-refractivity contribution in [3.05, 3.63) is 42.0 Å². The Bertz CT molecular complexity index is 473. The maximum absolute atomic E-state index is 5.65. The van der Waals surface area contributed by atoms with Crippen molar-refractivity contribution in [1.82, 2.24) is 0 Å². The minimum atomic E-state index is -1.32. The minimum absolute atomic E-state index is 0.137. The monoisotopic (exact) mass is 288 g/mol. The Morgan fingerprint density at radius 1 is 1.25 bits per heavy atom. The Kier molecular flexibility index (Phi) is 4.55. The van der Waals surface area contributed by atoms with Crippen LogP contribution in [0.15, 0.2) is 42.0 Å². The highest BCUT2D eigenvalue weighted by molar-refractivity contribution is 6.90. The fraction of sp³-hybridized carbons (Fsp3) is 0.556. The fourth-order valence-corrected chi connectivity index (χ4v) is 4.83. The van der Waals surface area contributed by atoms with Crippen LogP contribution < -0.4 is 5.19 Å². The van der Waals surface area contributed by atoms with Crippen LogP contribution in [0.1, 0.15) is 33.6 Å². The molecule has 1 fully saturated rings. The molecule has 0 radical (unpaired) electrons. The van der Waals surface area contributed by atoms with Gasteiger partial charge in [-0.2, -0.15) is 0 Å². The average Bonchev–Trinajstić information content (AvgIpc) is 3.03. The highest BCUT2D eigenvalue weighted by atomic mass is 28.3. The summed E-state index contributed by atoms with van der Waals surface area (Å²) in [5.41, 5.74) is 1.66. The van der Waals surface area contributed by atoms with Crippen LogP contribution in [0.3, 0.4) is 0 Å². The molecule has 1 saturated heterocycles. The van der Waals surface area contributed by atoms with E-state index in [-0.39, 0.29) is 5.60 Å². The van der Waals surface area contributed by atoms with Gasteiger partial charge in [-0.15, -0.1) is 0 Å². The molecule has 0 aromatic heterocycles. The molecule has 1 nitrogen and oxygen atoms in total. The zero-order chi connectivity index (χ0) is 14.8. The molecule has 1 aromatic carbocycles. The Hall–Kier alpha value is -0.863. The van der Waals surface area contributed by atoms with Crippen LogP contribution in [-0.4, -0.2) is 19.8 Å². The molecular weight excluding hydrogens is 260 g/mol. The maximum Gasteiger partial charge on any atom is 0.0892 e. The maximum atomic E-state index is 5.65. The number of hydrogen-bond donors (Lipinski definition) is 0. The summed E-state index contributed by atoms with van der Waals surface area (Å²) in [6.45, 7) is 11.5. The van der Waals surface area contributed by atoms with Crippen molar-refractivity contribution in [2.75, 3.05) is 0 Å². The minimum Gasteiger partial charge on any atom is -0.367 e. The van der Waals surface area contributed by atoms with Gasteiger partial charge in [-0.05, 0) is 39.7 Å². The predicted octanol–water partition coefficient (Wildman–Crippen LogP) is 4.51. The lowest BCUT2D eigenvalue weighted by Crippen LogP contribution is -2.40. The number of hydrogen-bond acceptors (Lipinski definition) is 1. The molecule has 0 saturated carbocycles. The zero-order valence-corrected chi connectivity index (χ0v) is 14.6. The topological polar surface area (TPSA) is 12.5 Å². The number of epoxide rings is 1. The van der Waals surface area contributed by atoms with Crippen LogP contribution in [0.4, 0.5) is 0 Å². The van der Waals surface area contributed by atoms with Crippen LogP contribution in [0.5, 0.6) is 0 Å². The van der Waals surface area contributed by atoms with Gasteiger partial charge in [0.1, 0.15) is 0 Å². The molecule has 0 spiro atoms. The summed E-state index contributed by atoms with van der Waals surface area (Å²) < 4.78 is 5.65. The molecule has 1 aromatic rings. The highest BCUT2D eigenvalue weighted by Crippen LogP contribution is 2.38. The first-order valence-corrected chi connectivity index (χ1v) is 10.9. The lowest BCUT2D eigenvalue weighted by atomic mass is 10.0. The normalized spacial score (nSPS) is 21.9. The molecule has 1 aliphatic rings. The van der Waals surface area contributed by atoms with E-state index >= 15 is 0 Å². The molecule has 0 bridgehead atoms. The smallest absolute Gasteiger partial charge is 0.0892 e. The Morgan fingerprint density at radius 2 is 1.85 bits per heavy atom. The first-order valence-electron chi connectivity index (χ1n) is 7.70. The molecule has 0 aliphatic carbocycles. The first-order chi connectivity index (χ1) is 9.31. The van der Waals surface area contributed by atoms with Crippen molar-refractivity contribution in [3.63, 3.8) is 0 Å². The Balaban J connectivity index is 1.85. The summed E-state index contributed by atoms with van der Waals surface area (Å²) in [5, 5.41) is 1.55. The average molecular weight is 289 g/mol. The third-order valence-electron chi connectivity index (χ3n) is 4.48. The molecule has 1 atom stereocenters. The van der Waals surface area contributed by atoms with Gasteiger partial charge in [-0.1, -0.05) is 60.3 Å². The molecular formula is C18H28OSi. The third kappa shape index (κ3) is 4.06. The van der Waals surface area contributed by atoms with Crippen LogP contribution in [-0.2, 0) is 4.74 Å². The van der Waals surface area contributed by atoms with Crippen LogP contribution >= 0.6 is 0 Å². The van der Waals surface area contributed by atoms with E-state index in [9.17, 15) is 0 Å². The lowest BCUT2D eigenvalue weighted by Gasteiger charge is -2.21. The van der Waals surface area contributed by atoms with E-state index in [0.717, 1.165) is 0 Å². The first kappa shape index (κ1) is 15.5. The standard InChI is InChI=1S/C18H28OSi/c1-15(11-12-17-18(2,3)19-17)13-14-20(4,5)16-9-7-6-8-10-16/h6-10,13,17H,11-12,14H2,1-5H3/b15-13+. The Morgan fingerprint density at radius 3 is 2.40 bits per heavy atom. The van der Waals surface area contributed by atoms with Crippen LogP contribution in [0.25, 0.3) is 0 Å². The molecule has 2 heteroatoms. The van der Waals surface area contributed by atoms with E-state index in [1.165, 1.54) is 24.5 Å². The molecule has 20 heavy (non-hydrogen) atoms. The summed E-state index contributed by atoms with van der Waals surface area (Å²) >= 11 is 0. The quantitative estimate of drug-likeness (QED) is 0.426. The van der Waals surface area contributed by atoms with Crippen molar-refractivity contribution in [3.8, 4) is 0 Å². The largest absolute Gasteiger partial charge is 0.367 e. The van der Waals surface area contributed by atoms with Gasteiger partial charge in [0.2, 0.25) is 0 Å². The number of benzene rings is 1. The summed E-state index contributed by atoms with van der Waals surface area (Å²) in [4.78, 5) is 0. The number of ether oxygens (including phenoxy) is 1. The second-order valence-electron chi connectivity index (χ2n) is 7.25. The molecule has 0 N–H and O–H groups in total. The summed E-state index contributed by atoms with van der Waals surface area (Å²) in [6, 6.07) is 12.2. The van der Waals surface area contributed by atoms with Crippen molar-refractivity contribution in [2.45, 2.75) is 64.5 Å². The molecule has 2 rings (SSSR count). The van der Waals surface area contributed by atoms with Gasteiger partial charge in [0.05, 0.1) is 19.8 Å². The van der Waals surface area contributed by atoms with Gasteiger partial charge in [-0.3, -0.25) is 0 Å². The number of rotatable bonds is 6. The highest BCUT2D eigenvalue weighted by Gasteiger charge is 2.46. The van der Waals surface area contributed by atoms with Crippen LogP contribution in [0.2, 0.25) is 19.1 Å². The molecule has 1 heterocycles. The van der Waals surface area contributed by atoms with E-state index in [1.54, 1.807) is 5.19 Å². The fourth-order valence-electron chi connectivity index (χ4n) is 2.64. The SMILES string of the molecule is C/C(=C\C[Si](C)(C)c1ccccc1)CCC1OC1(C)C. The molecule has 0 amide bonds. The third-order valence-corrected chi connectivity index (χ3v) is 7.60. The van der Waals surface area contributed by atoms with Gasteiger partial charge in [0.25, 0.3) is 0 Å². The van der Waals surface area contributed by atoms with Crippen molar-refractivity contribution in [2.24, 2.45) is 0 Å². The zero-order valence-electron chi connectivity index (χ0n) is 13.6. The predicted molar refractivity (Wildman–Crippen MR) is 90.3 cm³/mol. The van der Waals surface area contributed by atoms with Gasteiger partial charge in [-0.25, -0.2) is 0 Å². The van der Waals surface area contributed by atoms with Crippen molar-refractivity contribution >= 4 is 13.3 Å². The summed E-state index contributed by atoms with van der Waals surface area (Å²) in [7, 11) is -1.32. The van der Waals surface area contributed by atoms with Gasteiger partial charge in [0, 0.05) is 0 Å². The molecule has 1 unspecified atom stereocenters. The Labute approximate surface area is 125 Å². The van der Waals surface area contributed by atoms with E-state index < -0.39 is 8.07 Å². The summed E-state index contributed by atoms with van der Waals surface area (Å²) in [5.74, 6) is 0. The van der Waals surface area contributed by atoms with E-state index in [1.807, 2.05) is 0 Å². The lowest BCUT2D eigenvalue weighted by molar-refractivity contribution is 0.320. The number of allylic oxidation sites excluding steroid dienone is 2. The van der Waals surface area contributed by atoms with Gasteiger partial charge in [0.15, 0.2) is 0 Å².